The highest BCUT2D eigenvalue weighted by Crippen LogP contribution is 2.26. The third-order valence-corrected chi connectivity index (χ3v) is 3.16. The molecular formula is C15H23ClO2. The number of aliphatic hydroxyl groups excluding tert-OH is 1. The molecule has 0 aliphatic rings. The zero-order valence-corrected chi connectivity index (χ0v) is 12.4. The van der Waals surface area contributed by atoms with Crippen molar-refractivity contribution in [2.24, 2.45) is 5.41 Å². The molecule has 102 valence electrons. The molecule has 0 saturated carbocycles. The molecule has 0 spiro atoms. The molecule has 0 aliphatic carbocycles. The van der Waals surface area contributed by atoms with Crippen LogP contribution >= 0.6 is 11.6 Å². The van der Waals surface area contributed by atoms with E-state index in [0.29, 0.717) is 18.1 Å². The Balaban J connectivity index is 2.72. The maximum atomic E-state index is 10.3. The predicted octanol–water partition coefficient (Wildman–Crippen LogP) is 3.69. The van der Waals surface area contributed by atoms with Gasteiger partial charge >= 0.3 is 0 Å². The first-order valence-corrected chi connectivity index (χ1v) is 6.76. The van der Waals surface area contributed by atoms with Gasteiger partial charge in [-0.05, 0) is 30.0 Å². The van der Waals surface area contributed by atoms with E-state index in [2.05, 4.69) is 20.8 Å². The Morgan fingerprint density at radius 3 is 2.22 bits per heavy atom. The van der Waals surface area contributed by atoms with Crippen LogP contribution in [0.1, 0.15) is 33.3 Å². The Hall–Kier alpha value is -0.570. The summed E-state index contributed by atoms with van der Waals surface area (Å²) < 4.78 is 5.69. The van der Waals surface area contributed by atoms with Crippen LogP contribution < -0.4 is 0 Å². The van der Waals surface area contributed by atoms with Gasteiger partial charge in [0.25, 0.3) is 0 Å². The summed E-state index contributed by atoms with van der Waals surface area (Å²) in [7, 11) is 0. The third kappa shape index (κ3) is 4.60. The molecule has 18 heavy (non-hydrogen) atoms. The zero-order valence-electron chi connectivity index (χ0n) is 11.6. The number of aliphatic hydroxyl groups is 1. The Kier molecular flexibility index (Phi) is 5.64. The molecule has 1 aromatic carbocycles. The van der Waals surface area contributed by atoms with E-state index in [1.807, 2.05) is 31.2 Å². The summed E-state index contributed by atoms with van der Waals surface area (Å²) in [6, 6.07) is 7.57. The predicted molar refractivity (Wildman–Crippen MR) is 76.0 cm³/mol. The number of hydrogen-bond acceptors (Lipinski definition) is 2. The SMILES string of the molecule is CCOC(C(O)Cc1ccc(Cl)cc1)C(C)(C)C. The van der Waals surface area contributed by atoms with Gasteiger partial charge in [0.05, 0.1) is 12.2 Å². The first kappa shape index (κ1) is 15.5. The first-order chi connectivity index (χ1) is 8.34. The molecule has 1 N–H and O–H groups in total. The molecule has 3 heteroatoms. The van der Waals surface area contributed by atoms with Crippen LogP contribution in [0.4, 0.5) is 0 Å². The van der Waals surface area contributed by atoms with Crippen molar-refractivity contribution in [2.45, 2.75) is 46.3 Å². The molecule has 0 saturated heterocycles. The highest BCUT2D eigenvalue weighted by Gasteiger charge is 2.31. The molecule has 2 nitrogen and oxygen atoms in total. The van der Waals surface area contributed by atoms with Crippen LogP contribution in [-0.4, -0.2) is 23.9 Å². The lowest BCUT2D eigenvalue weighted by Crippen LogP contribution is -2.41. The van der Waals surface area contributed by atoms with Gasteiger partial charge in [0.2, 0.25) is 0 Å². The van der Waals surface area contributed by atoms with Gasteiger partial charge in [-0.3, -0.25) is 0 Å². The van der Waals surface area contributed by atoms with Gasteiger partial charge in [0, 0.05) is 18.1 Å². The zero-order chi connectivity index (χ0) is 13.8. The van der Waals surface area contributed by atoms with Gasteiger partial charge in [0.15, 0.2) is 0 Å². The standard InChI is InChI=1S/C15H23ClO2/c1-5-18-14(15(2,3)4)13(17)10-11-6-8-12(16)9-7-11/h6-9,13-14,17H,5,10H2,1-4H3. The second kappa shape index (κ2) is 6.55. The van der Waals surface area contributed by atoms with Crippen LogP contribution in [0.3, 0.4) is 0 Å². The average Bonchev–Trinajstić information content (AvgIpc) is 2.27. The monoisotopic (exact) mass is 270 g/mol. The maximum absolute atomic E-state index is 10.3. The molecule has 0 heterocycles. The van der Waals surface area contributed by atoms with E-state index >= 15 is 0 Å². The Labute approximate surface area is 115 Å². The fourth-order valence-electron chi connectivity index (χ4n) is 2.09. The molecule has 2 atom stereocenters. The second-order valence-corrected chi connectivity index (χ2v) is 6.08. The summed E-state index contributed by atoms with van der Waals surface area (Å²) in [4.78, 5) is 0. The number of halogens is 1. The molecule has 0 radical (unpaired) electrons. The van der Waals surface area contributed by atoms with E-state index in [0.717, 1.165) is 5.56 Å². The normalized spacial score (nSPS) is 15.4. The lowest BCUT2D eigenvalue weighted by molar-refractivity contribution is -0.0873. The van der Waals surface area contributed by atoms with Crippen LogP contribution in [0.15, 0.2) is 24.3 Å². The summed E-state index contributed by atoms with van der Waals surface area (Å²) in [6.07, 6.45) is -0.0941. The van der Waals surface area contributed by atoms with E-state index in [-0.39, 0.29) is 11.5 Å². The van der Waals surface area contributed by atoms with Crippen LogP contribution in [0, 0.1) is 5.41 Å². The molecule has 0 bridgehead atoms. The number of benzene rings is 1. The fourth-order valence-corrected chi connectivity index (χ4v) is 2.21. The summed E-state index contributed by atoms with van der Waals surface area (Å²) >= 11 is 5.85. The summed E-state index contributed by atoms with van der Waals surface area (Å²) in [5.41, 5.74) is 0.989. The van der Waals surface area contributed by atoms with Crippen molar-refractivity contribution in [3.63, 3.8) is 0 Å². The lowest BCUT2D eigenvalue weighted by Gasteiger charge is -2.34. The molecule has 0 fully saturated rings. The molecule has 1 aromatic rings. The first-order valence-electron chi connectivity index (χ1n) is 6.38. The Morgan fingerprint density at radius 2 is 1.78 bits per heavy atom. The van der Waals surface area contributed by atoms with Crippen molar-refractivity contribution in [3.05, 3.63) is 34.9 Å². The van der Waals surface area contributed by atoms with Gasteiger partial charge in [-0.15, -0.1) is 0 Å². The van der Waals surface area contributed by atoms with Crippen LogP contribution in [-0.2, 0) is 11.2 Å². The van der Waals surface area contributed by atoms with E-state index in [1.54, 1.807) is 0 Å². The quantitative estimate of drug-likeness (QED) is 0.884. The third-order valence-electron chi connectivity index (χ3n) is 2.91. The van der Waals surface area contributed by atoms with Crippen molar-refractivity contribution in [1.82, 2.24) is 0 Å². The van der Waals surface area contributed by atoms with Crippen molar-refractivity contribution in [1.29, 1.82) is 0 Å². The van der Waals surface area contributed by atoms with E-state index in [9.17, 15) is 5.11 Å². The van der Waals surface area contributed by atoms with E-state index < -0.39 is 6.10 Å². The number of hydrogen-bond donors (Lipinski definition) is 1. The molecule has 0 aliphatic heterocycles. The van der Waals surface area contributed by atoms with Crippen molar-refractivity contribution in [2.75, 3.05) is 6.61 Å². The van der Waals surface area contributed by atoms with Gasteiger partial charge in [0.1, 0.15) is 0 Å². The van der Waals surface area contributed by atoms with Crippen molar-refractivity contribution >= 4 is 11.6 Å². The molecule has 0 amide bonds. The molecule has 0 aromatic heterocycles. The van der Waals surface area contributed by atoms with Gasteiger partial charge in [-0.1, -0.05) is 44.5 Å². The van der Waals surface area contributed by atoms with Crippen molar-refractivity contribution in [3.8, 4) is 0 Å². The largest absolute Gasteiger partial charge is 0.390 e. The van der Waals surface area contributed by atoms with E-state index in [4.69, 9.17) is 16.3 Å². The van der Waals surface area contributed by atoms with E-state index in [1.165, 1.54) is 0 Å². The maximum Gasteiger partial charge on any atom is 0.0885 e. The minimum absolute atomic E-state index is 0.0815. The van der Waals surface area contributed by atoms with Gasteiger partial charge in [-0.2, -0.15) is 0 Å². The smallest absolute Gasteiger partial charge is 0.0885 e. The summed E-state index contributed by atoms with van der Waals surface area (Å²) in [5, 5.41) is 11.1. The highest BCUT2D eigenvalue weighted by atomic mass is 35.5. The van der Waals surface area contributed by atoms with Crippen molar-refractivity contribution < 1.29 is 9.84 Å². The minimum Gasteiger partial charge on any atom is -0.390 e. The van der Waals surface area contributed by atoms with Crippen LogP contribution in [0.2, 0.25) is 5.02 Å². The second-order valence-electron chi connectivity index (χ2n) is 5.64. The van der Waals surface area contributed by atoms with Crippen LogP contribution in [0.25, 0.3) is 0 Å². The Bertz CT molecular complexity index is 354. The Morgan fingerprint density at radius 1 is 1.22 bits per heavy atom. The fraction of sp³-hybridized carbons (Fsp3) is 0.600. The molecular weight excluding hydrogens is 248 g/mol. The lowest BCUT2D eigenvalue weighted by atomic mass is 9.83. The molecule has 2 unspecified atom stereocenters. The summed E-state index contributed by atoms with van der Waals surface area (Å²) in [5.74, 6) is 0. The average molecular weight is 271 g/mol. The topological polar surface area (TPSA) is 29.5 Å². The van der Waals surface area contributed by atoms with Crippen LogP contribution in [0.5, 0.6) is 0 Å². The molecule has 1 rings (SSSR count). The number of rotatable bonds is 5. The van der Waals surface area contributed by atoms with Gasteiger partial charge in [-0.25, -0.2) is 0 Å². The summed E-state index contributed by atoms with van der Waals surface area (Å²) in [6.45, 7) is 8.81. The minimum atomic E-state index is -0.508. The highest BCUT2D eigenvalue weighted by molar-refractivity contribution is 6.30. The number of ether oxygens (including phenoxy) is 1. The van der Waals surface area contributed by atoms with Gasteiger partial charge < -0.3 is 9.84 Å².